The molecule has 0 saturated carbocycles. The summed E-state index contributed by atoms with van der Waals surface area (Å²) in [6.45, 7) is 3.40. The zero-order valence-electron chi connectivity index (χ0n) is 12.3. The number of nitrogens with zero attached hydrogens (tertiary/aromatic N) is 2. The number of H-pyrrole nitrogens is 1. The number of hydrogen-bond acceptors (Lipinski definition) is 3. The predicted molar refractivity (Wildman–Crippen MR) is 83.1 cm³/mol. The molecule has 1 aliphatic rings. The van der Waals surface area contributed by atoms with Crippen LogP contribution in [0.2, 0.25) is 0 Å². The Morgan fingerprint density at radius 3 is 2.90 bits per heavy atom. The van der Waals surface area contributed by atoms with Crippen molar-refractivity contribution in [3.63, 3.8) is 0 Å². The summed E-state index contributed by atoms with van der Waals surface area (Å²) in [5.74, 6) is 0.492. The van der Waals surface area contributed by atoms with Crippen molar-refractivity contribution in [3.05, 3.63) is 53.3 Å². The number of benzene rings is 1. The van der Waals surface area contributed by atoms with Crippen LogP contribution in [-0.2, 0) is 13.0 Å². The standard InChI is InChI=1S/C17H23N3O/c21-13-16-11-17(19-18-16)15-7-4-9-20(12-15)10-8-14-5-2-1-3-6-14/h1-3,5-6,11,15,21H,4,7-10,12-13H2,(H,18,19)/t15-/m0/s1. The zero-order chi connectivity index (χ0) is 14.5. The molecule has 21 heavy (non-hydrogen) atoms. The topological polar surface area (TPSA) is 52.1 Å². The number of nitrogens with one attached hydrogen (secondary N) is 1. The molecule has 4 nitrogen and oxygen atoms in total. The van der Waals surface area contributed by atoms with E-state index in [9.17, 15) is 0 Å². The Kier molecular flexibility index (Phi) is 4.68. The fourth-order valence-corrected chi connectivity index (χ4v) is 3.10. The average molecular weight is 285 g/mol. The molecule has 0 spiro atoms. The summed E-state index contributed by atoms with van der Waals surface area (Å²) in [4.78, 5) is 2.54. The van der Waals surface area contributed by atoms with Gasteiger partial charge in [-0.25, -0.2) is 0 Å². The van der Waals surface area contributed by atoms with E-state index in [4.69, 9.17) is 5.11 Å². The first kappa shape index (κ1) is 14.3. The van der Waals surface area contributed by atoms with Crippen LogP contribution < -0.4 is 0 Å². The van der Waals surface area contributed by atoms with Gasteiger partial charge in [-0.15, -0.1) is 0 Å². The summed E-state index contributed by atoms with van der Waals surface area (Å²) in [5.41, 5.74) is 3.32. The van der Waals surface area contributed by atoms with Crippen LogP contribution in [0.25, 0.3) is 0 Å². The SMILES string of the molecule is OCc1cc([C@H]2CCCN(CCc3ccccc3)C2)n[nH]1. The minimum atomic E-state index is 0.0391. The number of aliphatic hydroxyl groups excluding tert-OH is 1. The highest BCUT2D eigenvalue weighted by molar-refractivity contribution is 5.16. The largest absolute Gasteiger partial charge is 0.390 e. The van der Waals surface area contributed by atoms with Crippen LogP contribution in [0.5, 0.6) is 0 Å². The van der Waals surface area contributed by atoms with E-state index in [2.05, 4.69) is 45.4 Å². The molecular formula is C17H23N3O. The lowest BCUT2D eigenvalue weighted by Gasteiger charge is -2.31. The highest BCUT2D eigenvalue weighted by atomic mass is 16.3. The second-order valence-corrected chi connectivity index (χ2v) is 5.85. The van der Waals surface area contributed by atoms with Crippen molar-refractivity contribution in [2.75, 3.05) is 19.6 Å². The molecule has 0 amide bonds. The fraction of sp³-hybridized carbons (Fsp3) is 0.471. The van der Waals surface area contributed by atoms with Crippen LogP contribution in [0.3, 0.4) is 0 Å². The molecule has 1 fully saturated rings. The van der Waals surface area contributed by atoms with Gasteiger partial charge in [-0.1, -0.05) is 30.3 Å². The van der Waals surface area contributed by atoms with Crippen LogP contribution in [0.1, 0.15) is 35.7 Å². The van der Waals surface area contributed by atoms with Gasteiger partial charge in [-0.2, -0.15) is 5.10 Å². The molecule has 1 aliphatic heterocycles. The Morgan fingerprint density at radius 1 is 1.29 bits per heavy atom. The van der Waals surface area contributed by atoms with Gasteiger partial charge in [0.05, 0.1) is 18.0 Å². The third-order valence-electron chi connectivity index (χ3n) is 4.30. The van der Waals surface area contributed by atoms with Crippen LogP contribution >= 0.6 is 0 Å². The van der Waals surface area contributed by atoms with Gasteiger partial charge in [0, 0.05) is 19.0 Å². The first-order valence-electron chi connectivity index (χ1n) is 7.76. The number of aromatic nitrogens is 2. The van der Waals surface area contributed by atoms with E-state index in [1.807, 2.05) is 6.07 Å². The molecule has 1 aromatic carbocycles. The minimum absolute atomic E-state index is 0.0391. The quantitative estimate of drug-likeness (QED) is 0.886. The van der Waals surface area contributed by atoms with E-state index in [1.54, 1.807) is 0 Å². The molecule has 1 saturated heterocycles. The third-order valence-corrected chi connectivity index (χ3v) is 4.30. The van der Waals surface area contributed by atoms with E-state index >= 15 is 0 Å². The van der Waals surface area contributed by atoms with Gasteiger partial charge in [0.2, 0.25) is 0 Å². The lowest BCUT2D eigenvalue weighted by atomic mass is 9.94. The molecule has 0 radical (unpaired) electrons. The lowest BCUT2D eigenvalue weighted by molar-refractivity contribution is 0.208. The van der Waals surface area contributed by atoms with E-state index in [1.165, 1.54) is 24.9 Å². The smallest absolute Gasteiger partial charge is 0.0847 e. The van der Waals surface area contributed by atoms with Crippen molar-refractivity contribution in [1.82, 2.24) is 15.1 Å². The summed E-state index contributed by atoms with van der Waals surface area (Å²) in [6, 6.07) is 12.7. The zero-order valence-corrected chi connectivity index (χ0v) is 12.3. The van der Waals surface area contributed by atoms with Gasteiger partial charge < -0.3 is 10.0 Å². The maximum Gasteiger partial charge on any atom is 0.0847 e. The summed E-state index contributed by atoms with van der Waals surface area (Å²) >= 11 is 0. The number of hydrogen-bond donors (Lipinski definition) is 2. The number of rotatable bonds is 5. The van der Waals surface area contributed by atoms with Gasteiger partial charge in [0.15, 0.2) is 0 Å². The molecular weight excluding hydrogens is 262 g/mol. The molecule has 2 heterocycles. The van der Waals surface area contributed by atoms with Crippen molar-refractivity contribution in [3.8, 4) is 0 Å². The van der Waals surface area contributed by atoms with Crippen molar-refractivity contribution < 1.29 is 5.11 Å². The highest BCUT2D eigenvalue weighted by Gasteiger charge is 2.23. The normalized spacial score (nSPS) is 19.8. The summed E-state index contributed by atoms with van der Waals surface area (Å²) in [6.07, 6.45) is 3.52. The molecule has 2 N–H and O–H groups in total. The third kappa shape index (κ3) is 3.71. The number of piperidine rings is 1. The predicted octanol–water partition coefficient (Wildman–Crippen LogP) is 2.32. The van der Waals surface area contributed by atoms with E-state index < -0.39 is 0 Å². The second kappa shape index (κ2) is 6.87. The van der Waals surface area contributed by atoms with Crippen molar-refractivity contribution in [2.45, 2.75) is 31.8 Å². The lowest BCUT2D eigenvalue weighted by Crippen LogP contribution is -2.35. The van der Waals surface area contributed by atoms with Gasteiger partial charge in [0.25, 0.3) is 0 Å². The molecule has 0 aliphatic carbocycles. The minimum Gasteiger partial charge on any atom is -0.390 e. The first-order valence-corrected chi connectivity index (χ1v) is 7.76. The van der Waals surface area contributed by atoms with E-state index in [0.717, 1.165) is 30.9 Å². The first-order chi connectivity index (χ1) is 10.3. The van der Waals surface area contributed by atoms with Crippen molar-refractivity contribution in [1.29, 1.82) is 0 Å². The highest BCUT2D eigenvalue weighted by Crippen LogP contribution is 2.26. The van der Waals surface area contributed by atoms with Crippen LogP contribution in [0.4, 0.5) is 0 Å². The van der Waals surface area contributed by atoms with Crippen LogP contribution in [0, 0.1) is 0 Å². The molecule has 112 valence electrons. The monoisotopic (exact) mass is 285 g/mol. The van der Waals surface area contributed by atoms with Gasteiger partial charge in [0.1, 0.15) is 0 Å². The maximum absolute atomic E-state index is 9.13. The van der Waals surface area contributed by atoms with Gasteiger partial charge in [-0.05, 0) is 37.4 Å². The summed E-state index contributed by atoms with van der Waals surface area (Å²) < 4.78 is 0. The number of likely N-dealkylation sites (tertiary alicyclic amines) is 1. The Hall–Kier alpha value is -1.65. The van der Waals surface area contributed by atoms with Crippen molar-refractivity contribution >= 4 is 0 Å². The van der Waals surface area contributed by atoms with E-state index in [-0.39, 0.29) is 6.61 Å². The fourth-order valence-electron chi connectivity index (χ4n) is 3.10. The molecule has 1 aromatic heterocycles. The Balaban J connectivity index is 1.55. The van der Waals surface area contributed by atoms with E-state index in [0.29, 0.717) is 5.92 Å². The summed E-state index contributed by atoms with van der Waals surface area (Å²) in [5, 5.41) is 16.4. The molecule has 0 bridgehead atoms. The maximum atomic E-state index is 9.13. The molecule has 3 rings (SSSR count). The van der Waals surface area contributed by atoms with Gasteiger partial charge >= 0.3 is 0 Å². The van der Waals surface area contributed by atoms with Gasteiger partial charge in [-0.3, -0.25) is 5.10 Å². The Bertz CT molecular complexity index is 552. The number of aliphatic hydroxyl groups is 1. The van der Waals surface area contributed by atoms with Crippen LogP contribution in [-0.4, -0.2) is 39.8 Å². The average Bonchev–Trinajstić information content (AvgIpc) is 3.03. The number of aromatic amines is 1. The molecule has 0 unspecified atom stereocenters. The Morgan fingerprint density at radius 2 is 2.14 bits per heavy atom. The summed E-state index contributed by atoms with van der Waals surface area (Å²) in [7, 11) is 0. The molecule has 4 heteroatoms. The molecule has 2 aromatic rings. The Labute approximate surface area is 125 Å². The molecule has 1 atom stereocenters. The second-order valence-electron chi connectivity index (χ2n) is 5.85. The van der Waals surface area contributed by atoms with Crippen LogP contribution in [0.15, 0.2) is 36.4 Å². The van der Waals surface area contributed by atoms with Crippen molar-refractivity contribution in [2.24, 2.45) is 0 Å².